The monoisotopic (exact) mass is 192 g/mol. The van der Waals surface area contributed by atoms with Crippen LogP contribution in [-0.2, 0) is 0 Å². The highest BCUT2D eigenvalue weighted by Crippen LogP contribution is 2.22. The topological polar surface area (TPSA) is 80.9 Å². The third kappa shape index (κ3) is 4.04. The van der Waals surface area contributed by atoms with Gasteiger partial charge in [-0.05, 0) is 24.2 Å². The molecule has 3 unspecified atom stereocenters. The molecule has 0 fully saturated rings. The second-order valence-electron chi connectivity index (χ2n) is 3.46. The Morgan fingerprint density at radius 1 is 0.923 bits per heavy atom. The number of hydrogen-bond donors (Lipinski definition) is 4. The molecule has 0 aromatic rings. The summed E-state index contributed by atoms with van der Waals surface area (Å²) in [5.41, 5.74) is 0. The van der Waals surface area contributed by atoms with Crippen LogP contribution in [0.4, 0.5) is 0 Å². The summed E-state index contributed by atoms with van der Waals surface area (Å²) in [4.78, 5) is 0. The van der Waals surface area contributed by atoms with E-state index in [0.717, 1.165) is 0 Å². The van der Waals surface area contributed by atoms with Gasteiger partial charge in [-0.25, -0.2) is 0 Å². The Morgan fingerprint density at radius 3 is 1.85 bits per heavy atom. The van der Waals surface area contributed by atoms with Gasteiger partial charge in [-0.1, -0.05) is 6.92 Å². The van der Waals surface area contributed by atoms with Crippen molar-refractivity contribution in [2.45, 2.75) is 13.3 Å². The normalized spacial score (nSPS) is 18.2. The Kier molecular flexibility index (Phi) is 7.17. The summed E-state index contributed by atoms with van der Waals surface area (Å²) in [6.07, 6.45) is 0.464. The molecular formula is C9H20O4. The van der Waals surface area contributed by atoms with Crippen molar-refractivity contribution in [1.29, 1.82) is 0 Å². The van der Waals surface area contributed by atoms with E-state index in [4.69, 9.17) is 20.4 Å². The Hall–Kier alpha value is -0.160. The van der Waals surface area contributed by atoms with Gasteiger partial charge in [-0.3, -0.25) is 0 Å². The van der Waals surface area contributed by atoms with E-state index in [9.17, 15) is 0 Å². The van der Waals surface area contributed by atoms with Gasteiger partial charge in [-0.2, -0.15) is 0 Å². The smallest absolute Gasteiger partial charge is 0.0466 e. The zero-order valence-corrected chi connectivity index (χ0v) is 8.06. The van der Waals surface area contributed by atoms with Crippen LogP contribution in [0.1, 0.15) is 13.3 Å². The standard InChI is InChI=1S/C9H20O4/c1-7(4-11)9(6-13)8(5-12)2-3-10/h7-13H,2-6H2,1H3. The van der Waals surface area contributed by atoms with Crippen molar-refractivity contribution >= 4 is 0 Å². The van der Waals surface area contributed by atoms with Gasteiger partial charge in [0.1, 0.15) is 0 Å². The Labute approximate surface area is 78.8 Å². The van der Waals surface area contributed by atoms with Crippen molar-refractivity contribution in [3.63, 3.8) is 0 Å². The van der Waals surface area contributed by atoms with Crippen molar-refractivity contribution in [3.8, 4) is 0 Å². The molecule has 0 aliphatic rings. The van der Waals surface area contributed by atoms with Crippen LogP contribution in [0, 0.1) is 17.8 Å². The molecule has 0 aromatic heterocycles. The van der Waals surface area contributed by atoms with Crippen LogP contribution in [0.2, 0.25) is 0 Å². The Balaban J connectivity index is 4.15. The number of aliphatic hydroxyl groups is 4. The lowest BCUT2D eigenvalue weighted by Crippen LogP contribution is -2.30. The van der Waals surface area contributed by atoms with Gasteiger partial charge < -0.3 is 20.4 Å². The first kappa shape index (κ1) is 12.8. The molecular weight excluding hydrogens is 172 g/mol. The van der Waals surface area contributed by atoms with Gasteiger partial charge >= 0.3 is 0 Å². The summed E-state index contributed by atoms with van der Waals surface area (Å²) in [5.74, 6) is -0.312. The highest BCUT2D eigenvalue weighted by molar-refractivity contribution is 4.73. The molecule has 0 aliphatic carbocycles. The van der Waals surface area contributed by atoms with Crippen molar-refractivity contribution in [2.24, 2.45) is 17.8 Å². The largest absolute Gasteiger partial charge is 0.396 e. The summed E-state index contributed by atoms with van der Waals surface area (Å²) < 4.78 is 0. The van der Waals surface area contributed by atoms with Crippen molar-refractivity contribution in [1.82, 2.24) is 0 Å². The maximum Gasteiger partial charge on any atom is 0.0466 e. The van der Waals surface area contributed by atoms with Gasteiger partial charge in [0.2, 0.25) is 0 Å². The van der Waals surface area contributed by atoms with E-state index in [1.165, 1.54) is 0 Å². The van der Waals surface area contributed by atoms with Crippen molar-refractivity contribution < 1.29 is 20.4 Å². The molecule has 0 aromatic carbocycles. The lowest BCUT2D eigenvalue weighted by atomic mass is 9.82. The minimum Gasteiger partial charge on any atom is -0.396 e. The predicted octanol–water partition coefficient (Wildman–Crippen LogP) is -0.786. The molecule has 4 heteroatoms. The molecule has 0 amide bonds. The zero-order valence-electron chi connectivity index (χ0n) is 8.06. The molecule has 80 valence electrons. The highest BCUT2D eigenvalue weighted by Gasteiger charge is 2.24. The van der Waals surface area contributed by atoms with Crippen LogP contribution in [0.25, 0.3) is 0 Å². The second kappa shape index (κ2) is 7.26. The predicted molar refractivity (Wildman–Crippen MR) is 49.1 cm³/mol. The Bertz CT molecular complexity index is 118. The molecule has 3 atom stereocenters. The zero-order chi connectivity index (χ0) is 10.3. The average Bonchev–Trinajstić information content (AvgIpc) is 2.17. The van der Waals surface area contributed by atoms with Crippen LogP contribution in [0.5, 0.6) is 0 Å². The van der Waals surface area contributed by atoms with E-state index in [-0.39, 0.29) is 44.2 Å². The summed E-state index contributed by atoms with van der Waals surface area (Å²) in [6, 6.07) is 0. The first-order chi connectivity index (χ1) is 6.21. The maximum atomic E-state index is 9.05. The lowest BCUT2D eigenvalue weighted by molar-refractivity contribution is 0.0472. The quantitative estimate of drug-likeness (QED) is 0.426. The lowest BCUT2D eigenvalue weighted by Gasteiger charge is -2.27. The van der Waals surface area contributed by atoms with Gasteiger partial charge in [0.25, 0.3) is 0 Å². The molecule has 0 bridgehead atoms. The van der Waals surface area contributed by atoms with E-state index in [0.29, 0.717) is 6.42 Å². The summed E-state index contributed by atoms with van der Waals surface area (Å²) in [7, 11) is 0. The van der Waals surface area contributed by atoms with Crippen LogP contribution < -0.4 is 0 Å². The molecule has 0 rings (SSSR count). The van der Waals surface area contributed by atoms with E-state index in [1.807, 2.05) is 6.92 Å². The maximum absolute atomic E-state index is 9.05. The first-order valence-electron chi connectivity index (χ1n) is 4.64. The van der Waals surface area contributed by atoms with Crippen molar-refractivity contribution in [2.75, 3.05) is 26.4 Å². The van der Waals surface area contributed by atoms with Crippen LogP contribution in [0.3, 0.4) is 0 Å². The fourth-order valence-electron chi connectivity index (χ4n) is 1.54. The molecule has 13 heavy (non-hydrogen) atoms. The molecule has 0 saturated heterocycles. The SMILES string of the molecule is CC(CO)C(CO)C(CO)CCO. The molecule has 4 nitrogen and oxygen atoms in total. The number of rotatable bonds is 7. The van der Waals surface area contributed by atoms with Crippen LogP contribution in [0.15, 0.2) is 0 Å². The van der Waals surface area contributed by atoms with Crippen LogP contribution >= 0.6 is 0 Å². The van der Waals surface area contributed by atoms with Crippen LogP contribution in [-0.4, -0.2) is 46.9 Å². The third-order valence-corrected chi connectivity index (χ3v) is 2.57. The molecule has 0 heterocycles. The van der Waals surface area contributed by atoms with E-state index in [1.54, 1.807) is 0 Å². The van der Waals surface area contributed by atoms with Gasteiger partial charge in [-0.15, -0.1) is 0 Å². The first-order valence-corrected chi connectivity index (χ1v) is 4.64. The average molecular weight is 192 g/mol. The van der Waals surface area contributed by atoms with Crippen molar-refractivity contribution in [3.05, 3.63) is 0 Å². The summed E-state index contributed by atoms with van der Waals surface area (Å²) >= 11 is 0. The summed E-state index contributed by atoms with van der Waals surface area (Å²) in [6.45, 7) is 1.69. The van der Waals surface area contributed by atoms with E-state index in [2.05, 4.69) is 0 Å². The number of aliphatic hydroxyl groups excluding tert-OH is 4. The second-order valence-corrected chi connectivity index (χ2v) is 3.46. The summed E-state index contributed by atoms with van der Waals surface area (Å²) in [5, 5.41) is 35.7. The molecule has 4 N–H and O–H groups in total. The third-order valence-electron chi connectivity index (χ3n) is 2.57. The molecule has 0 radical (unpaired) electrons. The van der Waals surface area contributed by atoms with Gasteiger partial charge in [0.05, 0.1) is 0 Å². The highest BCUT2D eigenvalue weighted by atomic mass is 16.3. The fraction of sp³-hybridized carbons (Fsp3) is 1.00. The minimum atomic E-state index is -0.137. The fourth-order valence-corrected chi connectivity index (χ4v) is 1.54. The van der Waals surface area contributed by atoms with Gasteiger partial charge in [0.15, 0.2) is 0 Å². The molecule has 0 aliphatic heterocycles. The number of hydrogen-bond acceptors (Lipinski definition) is 4. The van der Waals surface area contributed by atoms with Gasteiger partial charge in [0, 0.05) is 26.4 Å². The Morgan fingerprint density at radius 2 is 1.54 bits per heavy atom. The molecule has 0 spiro atoms. The van der Waals surface area contributed by atoms with E-state index < -0.39 is 0 Å². The minimum absolute atomic E-state index is 0.000124. The van der Waals surface area contributed by atoms with E-state index >= 15 is 0 Å². The molecule has 0 saturated carbocycles.